The highest BCUT2D eigenvalue weighted by Crippen LogP contribution is 2.28. The highest BCUT2D eigenvalue weighted by atomic mass is 16.2. The fourth-order valence-corrected chi connectivity index (χ4v) is 3.15. The fraction of sp³-hybridized carbons (Fsp3) is 0.562. The molecule has 3 heteroatoms. The molecule has 0 aromatic heterocycles. The van der Waals surface area contributed by atoms with E-state index in [4.69, 9.17) is 0 Å². The number of fused-ring (bicyclic) bond motifs is 1. The number of piperidine rings is 1. The van der Waals surface area contributed by atoms with Gasteiger partial charge in [-0.05, 0) is 49.5 Å². The Balaban J connectivity index is 1.78. The van der Waals surface area contributed by atoms with E-state index in [-0.39, 0.29) is 5.91 Å². The third-order valence-electron chi connectivity index (χ3n) is 4.35. The third kappa shape index (κ3) is 2.66. The highest BCUT2D eigenvalue weighted by molar-refractivity contribution is 5.95. The van der Waals surface area contributed by atoms with Crippen molar-refractivity contribution < 1.29 is 4.79 Å². The number of carbonyl (C=O) groups excluding carboxylic acids is 1. The van der Waals surface area contributed by atoms with E-state index < -0.39 is 0 Å². The van der Waals surface area contributed by atoms with Crippen molar-refractivity contribution in [1.82, 2.24) is 4.90 Å². The van der Waals surface area contributed by atoms with Crippen LogP contribution in [0.15, 0.2) is 18.2 Å². The van der Waals surface area contributed by atoms with E-state index in [0.717, 1.165) is 18.7 Å². The molecule has 1 aromatic carbocycles. The SMILES string of the molecule is CN1C(=O)CCc2ccc(CN3CCCCC3)cc21. The lowest BCUT2D eigenvalue weighted by Crippen LogP contribution is -2.32. The van der Waals surface area contributed by atoms with E-state index in [1.807, 2.05) is 11.9 Å². The maximum atomic E-state index is 11.8. The predicted octanol–water partition coefficient (Wildman–Crippen LogP) is 2.58. The minimum Gasteiger partial charge on any atom is -0.315 e. The molecule has 2 aliphatic rings. The largest absolute Gasteiger partial charge is 0.315 e. The summed E-state index contributed by atoms with van der Waals surface area (Å²) >= 11 is 0. The number of hydrogen-bond acceptors (Lipinski definition) is 2. The van der Waals surface area contributed by atoms with E-state index in [1.165, 1.54) is 43.5 Å². The molecule has 0 spiro atoms. The Morgan fingerprint density at radius 3 is 2.68 bits per heavy atom. The van der Waals surface area contributed by atoms with Gasteiger partial charge < -0.3 is 4.90 Å². The quantitative estimate of drug-likeness (QED) is 0.814. The van der Waals surface area contributed by atoms with Crippen molar-refractivity contribution in [3.63, 3.8) is 0 Å². The minimum absolute atomic E-state index is 0.239. The van der Waals surface area contributed by atoms with E-state index in [0.29, 0.717) is 6.42 Å². The number of benzene rings is 1. The second kappa shape index (κ2) is 5.33. The van der Waals surface area contributed by atoms with Crippen molar-refractivity contribution in [2.45, 2.75) is 38.6 Å². The van der Waals surface area contributed by atoms with Crippen LogP contribution in [0.1, 0.15) is 36.8 Å². The summed E-state index contributed by atoms with van der Waals surface area (Å²) in [6, 6.07) is 6.65. The summed E-state index contributed by atoms with van der Waals surface area (Å²) < 4.78 is 0. The summed E-state index contributed by atoms with van der Waals surface area (Å²) in [4.78, 5) is 16.1. The lowest BCUT2D eigenvalue weighted by molar-refractivity contribution is -0.118. The molecule has 0 bridgehead atoms. The van der Waals surface area contributed by atoms with Gasteiger partial charge in [0.1, 0.15) is 0 Å². The third-order valence-corrected chi connectivity index (χ3v) is 4.35. The average molecular weight is 258 g/mol. The van der Waals surface area contributed by atoms with Crippen LogP contribution in [0.25, 0.3) is 0 Å². The van der Waals surface area contributed by atoms with Crippen LogP contribution < -0.4 is 4.90 Å². The summed E-state index contributed by atoms with van der Waals surface area (Å²) in [7, 11) is 1.89. The maximum absolute atomic E-state index is 11.8. The van der Waals surface area contributed by atoms with Gasteiger partial charge in [0.25, 0.3) is 0 Å². The van der Waals surface area contributed by atoms with Crippen LogP contribution in [-0.2, 0) is 17.8 Å². The summed E-state index contributed by atoms with van der Waals surface area (Å²) in [5, 5.41) is 0. The molecule has 1 saturated heterocycles. The summed E-state index contributed by atoms with van der Waals surface area (Å²) in [6.45, 7) is 3.45. The molecule has 0 unspecified atom stereocenters. The van der Waals surface area contributed by atoms with Gasteiger partial charge in [-0.1, -0.05) is 18.6 Å². The second-order valence-electron chi connectivity index (χ2n) is 5.75. The van der Waals surface area contributed by atoms with Gasteiger partial charge >= 0.3 is 0 Å². The lowest BCUT2D eigenvalue weighted by Gasteiger charge is -2.29. The molecule has 102 valence electrons. The summed E-state index contributed by atoms with van der Waals surface area (Å²) in [6.07, 6.45) is 5.56. The molecular formula is C16H22N2O. The monoisotopic (exact) mass is 258 g/mol. The predicted molar refractivity (Wildman–Crippen MR) is 77.3 cm³/mol. The molecule has 0 N–H and O–H groups in total. The number of likely N-dealkylation sites (tertiary alicyclic amines) is 1. The van der Waals surface area contributed by atoms with Gasteiger partial charge in [0.05, 0.1) is 0 Å². The summed E-state index contributed by atoms with van der Waals surface area (Å²) in [5.74, 6) is 0.239. The van der Waals surface area contributed by atoms with Crippen LogP contribution in [0, 0.1) is 0 Å². The Kier molecular flexibility index (Phi) is 3.56. The molecule has 2 heterocycles. The van der Waals surface area contributed by atoms with Crippen molar-refractivity contribution >= 4 is 11.6 Å². The zero-order valence-electron chi connectivity index (χ0n) is 11.7. The van der Waals surface area contributed by atoms with Crippen LogP contribution >= 0.6 is 0 Å². The first-order chi connectivity index (χ1) is 9.24. The molecule has 0 aliphatic carbocycles. The fourth-order valence-electron chi connectivity index (χ4n) is 3.15. The van der Waals surface area contributed by atoms with Crippen LogP contribution in [-0.4, -0.2) is 30.9 Å². The van der Waals surface area contributed by atoms with E-state index in [2.05, 4.69) is 23.1 Å². The van der Waals surface area contributed by atoms with Gasteiger partial charge in [-0.25, -0.2) is 0 Å². The summed E-state index contributed by atoms with van der Waals surface area (Å²) in [5.41, 5.74) is 3.76. The molecule has 19 heavy (non-hydrogen) atoms. The van der Waals surface area contributed by atoms with Gasteiger partial charge in [-0.15, -0.1) is 0 Å². The molecule has 0 radical (unpaired) electrons. The normalized spacial score (nSPS) is 20.5. The van der Waals surface area contributed by atoms with Crippen molar-refractivity contribution in [3.8, 4) is 0 Å². The van der Waals surface area contributed by atoms with Crippen molar-refractivity contribution in [3.05, 3.63) is 29.3 Å². The molecule has 3 nitrogen and oxygen atoms in total. The standard InChI is InChI=1S/C16H22N2O/c1-17-15-11-13(12-18-9-3-2-4-10-18)5-6-14(15)7-8-16(17)19/h5-6,11H,2-4,7-10,12H2,1H3. The van der Waals surface area contributed by atoms with E-state index >= 15 is 0 Å². The molecule has 3 rings (SSSR count). The van der Waals surface area contributed by atoms with Gasteiger partial charge in [0.2, 0.25) is 5.91 Å². The molecule has 2 aliphatic heterocycles. The Labute approximate surface area is 115 Å². The molecule has 0 saturated carbocycles. The van der Waals surface area contributed by atoms with Crippen LogP contribution in [0.3, 0.4) is 0 Å². The second-order valence-corrected chi connectivity index (χ2v) is 5.75. The van der Waals surface area contributed by atoms with Gasteiger partial charge in [0, 0.05) is 25.7 Å². The van der Waals surface area contributed by atoms with Gasteiger partial charge in [-0.2, -0.15) is 0 Å². The highest BCUT2D eigenvalue weighted by Gasteiger charge is 2.21. The number of nitrogens with zero attached hydrogens (tertiary/aromatic N) is 2. The first-order valence-corrected chi connectivity index (χ1v) is 7.35. The first kappa shape index (κ1) is 12.7. The molecule has 1 amide bonds. The van der Waals surface area contributed by atoms with E-state index in [1.54, 1.807) is 0 Å². The molecule has 1 aromatic rings. The molecular weight excluding hydrogens is 236 g/mol. The van der Waals surface area contributed by atoms with E-state index in [9.17, 15) is 4.79 Å². The number of anilines is 1. The lowest BCUT2D eigenvalue weighted by atomic mass is 9.99. The van der Waals surface area contributed by atoms with Gasteiger partial charge in [-0.3, -0.25) is 9.69 Å². The Morgan fingerprint density at radius 2 is 1.89 bits per heavy atom. The van der Waals surface area contributed by atoms with Crippen molar-refractivity contribution in [2.24, 2.45) is 0 Å². The zero-order chi connectivity index (χ0) is 13.2. The van der Waals surface area contributed by atoms with Crippen LogP contribution in [0.4, 0.5) is 5.69 Å². The Bertz CT molecular complexity index is 478. The molecule has 0 atom stereocenters. The smallest absolute Gasteiger partial charge is 0.227 e. The Morgan fingerprint density at radius 1 is 1.11 bits per heavy atom. The van der Waals surface area contributed by atoms with Crippen molar-refractivity contribution in [1.29, 1.82) is 0 Å². The average Bonchev–Trinajstić information content (AvgIpc) is 2.45. The zero-order valence-corrected chi connectivity index (χ0v) is 11.7. The number of carbonyl (C=O) groups is 1. The number of aryl methyl sites for hydroxylation is 1. The Hall–Kier alpha value is -1.35. The minimum atomic E-state index is 0.239. The van der Waals surface area contributed by atoms with Gasteiger partial charge in [0.15, 0.2) is 0 Å². The maximum Gasteiger partial charge on any atom is 0.227 e. The van der Waals surface area contributed by atoms with Crippen molar-refractivity contribution in [2.75, 3.05) is 25.0 Å². The van der Waals surface area contributed by atoms with Crippen LogP contribution in [0.5, 0.6) is 0 Å². The number of rotatable bonds is 2. The first-order valence-electron chi connectivity index (χ1n) is 7.35. The number of hydrogen-bond donors (Lipinski definition) is 0. The molecule has 1 fully saturated rings. The van der Waals surface area contributed by atoms with Crippen LogP contribution in [0.2, 0.25) is 0 Å². The topological polar surface area (TPSA) is 23.6 Å². The number of amides is 1.